The maximum Gasteiger partial charge on any atom is 0.146 e. The molecule has 0 saturated carbocycles. The molecule has 0 N–H and O–H groups in total. The number of methoxy groups -OCH3 is 3. The molecule has 0 aromatic heterocycles. The van der Waals surface area contributed by atoms with Crippen molar-refractivity contribution < 1.29 is 23.7 Å². The number of halogens is 1. The molecule has 0 atom stereocenters. The molecule has 0 aliphatic rings. The Morgan fingerprint density at radius 2 is 1.37 bits per heavy atom. The summed E-state index contributed by atoms with van der Waals surface area (Å²) >= 11 is 3.47. The van der Waals surface area contributed by atoms with Gasteiger partial charge in [-0.25, -0.2) is 0 Å². The average molecular weight is 335 g/mol. The minimum atomic E-state index is 0.241. The number of hydrogen-bond donors (Lipinski definition) is 0. The van der Waals surface area contributed by atoms with E-state index in [2.05, 4.69) is 15.9 Å². The van der Waals surface area contributed by atoms with Crippen LogP contribution in [-0.2, 0) is 32.2 Å². The first-order valence-electron chi connectivity index (χ1n) is 5.71. The molecule has 0 unspecified atom stereocenters. The van der Waals surface area contributed by atoms with Gasteiger partial charge in [-0.2, -0.15) is 0 Å². The monoisotopic (exact) mass is 334 g/mol. The minimum absolute atomic E-state index is 0.241. The Morgan fingerprint density at radius 3 is 1.74 bits per heavy atom. The summed E-state index contributed by atoms with van der Waals surface area (Å²) in [4.78, 5) is 0. The zero-order valence-corrected chi connectivity index (χ0v) is 13.0. The van der Waals surface area contributed by atoms with E-state index >= 15 is 0 Å². The number of ether oxygens (including phenoxy) is 5. The molecule has 0 amide bonds. The van der Waals surface area contributed by atoms with E-state index in [0.29, 0.717) is 13.2 Å². The van der Waals surface area contributed by atoms with Gasteiger partial charge >= 0.3 is 0 Å². The summed E-state index contributed by atoms with van der Waals surface area (Å²) < 4.78 is 26.8. The fraction of sp³-hybridized carbons (Fsp3) is 0.538. The van der Waals surface area contributed by atoms with Crippen LogP contribution in [0, 0.1) is 0 Å². The number of hydrogen-bond acceptors (Lipinski definition) is 5. The number of rotatable bonds is 9. The Balaban J connectivity index is 2.83. The van der Waals surface area contributed by atoms with Gasteiger partial charge in [-0.05, 0) is 12.1 Å². The Kier molecular flexibility index (Phi) is 8.00. The summed E-state index contributed by atoms with van der Waals surface area (Å²) in [6, 6.07) is 3.91. The lowest BCUT2D eigenvalue weighted by Gasteiger charge is -2.15. The van der Waals surface area contributed by atoms with Crippen LogP contribution in [0.3, 0.4) is 0 Å². The lowest BCUT2D eigenvalue weighted by molar-refractivity contribution is -0.0416. The lowest BCUT2D eigenvalue weighted by Crippen LogP contribution is -2.04. The van der Waals surface area contributed by atoms with E-state index in [-0.39, 0.29) is 13.6 Å². The first kappa shape index (κ1) is 16.4. The lowest BCUT2D eigenvalue weighted by atomic mass is 10.1. The van der Waals surface area contributed by atoms with E-state index in [4.69, 9.17) is 23.7 Å². The standard InChI is InChI=1S/C13H19BrO5/c1-15-8-18-6-10-4-12(14)5-11(13(10)17-3)7-19-9-16-2/h4-5H,6-9H2,1-3H3. The largest absolute Gasteiger partial charge is 0.496 e. The predicted molar refractivity (Wildman–Crippen MR) is 74.0 cm³/mol. The van der Waals surface area contributed by atoms with Crippen LogP contribution in [0.4, 0.5) is 0 Å². The van der Waals surface area contributed by atoms with Gasteiger partial charge < -0.3 is 23.7 Å². The molecule has 1 aromatic rings. The molecule has 19 heavy (non-hydrogen) atoms. The van der Waals surface area contributed by atoms with Crippen LogP contribution in [-0.4, -0.2) is 34.9 Å². The molecule has 1 rings (SSSR count). The summed E-state index contributed by atoms with van der Waals surface area (Å²) in [6.07, 6.45) is 0. The van der Waals surface area contributed by atoms with Crippen molar-refractivity contribution in [3.63, 3.8) is 0 Å². The minimum Gasteiger partial charge on any atom is -0.496 e. The van der Waals surface area contributed by atoms with E-state index in [1.165, 1.54) is 0 Å². The number of benzene rings is 1. The molecule has 0 saturated heterocycles. The molecular formula is C13H19BrO5. The normalized spacial score (nSPS) is 10.7. The third kappa shape index (κ3) is 5.46. The molecule has 0 aliphatic carbocycles. The van der Waals surface area contributed by atoms with E-state index in [1.807, 2.05) is 12.1 Å². The molecule has 0 aliphatic heterocycles. The summed E-state index contributed by atoms with van der Waals surface area (Å²) in [5, 5.41) is 0. The molecule has 0 heterocycles. The smallest absolute Gasteiger partial charge is 0.146 e. The molecule has 108 valence electrons. The zero-order chi connectivity index (χ0) is 14.1. The highest BCUT2D eigenvalue weighted by atomic mass is 79.9. The molecule has 0 spiro atoms. The second kappa shape index (κ2) is 9.28. The van der Waals surface area contributed by atoms with Crippen molar-refractivity contribution in [3.05, 3.63) is 27.7 Å². The third-order valence-corrected chi connectivity index (χ3v) is 2.79. The Bertz CT molecular complexity index is 352. The van der Waals surface area contributed by atoms with Crippen molar-refractivity contribution in [3.8, 4) is 5.75 Å². The van der Waals surface area contributed by atoms with Gasteiger partial charge in [-0.3, -0.25) is 0 Å². The fourth-order valence-corrected chi connectivity index (χ4v) is 2.21. The van der Waals surface area contributed by atoms with Crippen molar-refractivity contribution in [1.29, 1.82) is 0 Å². The Labute approximate surface area is 121 Å². The molecule has 0 radical (unpaired) electrons. The summed E-state index contributed by atoms with van der Waals surface area (Å²) in [5.74, 6) is 0.760. The summed E-state index contributed by atoms with van der Waals surface area (Å²) in [6.45, 7) is 1.30. The van der Waals surface area contributed by atoms with Crippen LogP contribution in [0.1, 0.15) is 11.1 Å². The Hall–Kier alpha value is -0.660. The van der Waals surface area contributed by atoms with Crippen molar-refractivity contribution in [2.45, 2.75) is 13.2 Å². The highest BCUT2D eigenvalue weighted by molar-refractivity contribution is 9.10. The van der Waals surface area contributed by atoms with Gasteiger partial charge in [-0.1, -0.05) is 15.9 Å². The highest BCUT2D eigenvalue weighted by Gasteiger charge is 2.11. The first-order chi connectivity index (χ1) is 9.22. The molecule has 0 fully saturated rings. The van der Waals surface area contributed by atoms with E-state index in [0.717, 1.165) is 21.3 Å². The molecule has 5 nitrogen and oxygen atoms in total. The zero-order valence-electron chi connectivity index (χ0n) is 11.4. The van der Waals surface area contributed by atoms with Crippen molar-refractivity contribution in [2.75, 3.05) is 34.9 Å². The van der Waals surface area contributed by atoms with Crippen LogP contribution >= 0.6 is 15.9 Å². The van der Waals surface area contributed by atoms with Gasteiger partial charge in [0.2, 0.25) is 0 Å². The van der Waals surface area contributed by atoms with Crippen molar-refractivity contribution >= 4 is 15.9 Å². The van der Waals surface area contributed by atoms with Crippen LogP contribution in [0.2, 0.25) is 0 Å². The van der Waals surface area contributed by atoms with Crippen LogP contribution in [0.15, 0.2) is 16.6 Å². The molecular weight excluding hydrogens is 316 g/mol. The topological polar surface area (TPSA) is 46.2 Å². The van der Waals surface area contributed by atoms with E-state index in [1.54, 1.807) is 21.3 Å². The summed E-state index contributed by atoms with van der Waals surface area (Å²) in [7, 11) is 4.80. The second-order valence-corrected chi connectivity index (χ2v) is 4.68. The van der Waals surface area contributed by atoms with Crippen molar-refractivity contribution in [1.82, 2.24) is 0 Å². The SMILES string of the molecule is COCOCc1cc(Br)cc(COCOC)c1OC. The maximum absolute atomic E-state index is 5.43. The predicted octanol–water partition coefficient (Wildman–Crippen LogP) is 2.70. The summed E-state index contributed by atoms with van der Waals surface area (Å²) in [5.41, 5.74) is 1.87. The third-order valence-electron chi connectivity index (χ3n) is 2.33. The average Bonchev–Trinajstić information content (AvgIpc) is 2.39. The van der Waals surface area contributed by atoms with Gasteiger partial charge in [0.15, 0.2) is 0 Å². The fourth-order valence-electron chi connectivity index (χ4n) is 1.66. The van der Waals surface area contributed by atoms with Crippen LogP contribution in [0.5, 0.6) is 5.75 Å². The van der Waals surface area contributed by atoms with Gasteiger partial charge in [0.05, 0.1) is 20.3 Å². The van der Waals surface area contributed by atoms with Crippen LogP contribution < -0.4 is 4.74 Å². The molecule has 0 bridgehead atoms. The van der Waals surface area contributed by atoms with Gasteiger partial charge in [0.25, 0.3) is 0 Å². The highest BCUT2D eigenvalue weighted by Crippen LogP contribution is 2.29. The molecule has 1 aromatic carbocycles. The first-order valence-corrected chi connectivity index (χ1v) is 6.50. The van der Waals surface area contributed by atoms with Gasteiger partial charge in [-0.15, -0.1) is 0 Å². The van der Waals surface area contributed by atoms with E-state index < -0.39 is 0 Å². The Morgan fingerprint density at radius 1 is 0.895 bits per heavy atom. The molecule has 6 heteroatoms. The van der Waals surface area contributed by atoms with Gasteiger partial charge in [0.1, 0.15) is 19.3 Å². The van der Waals surface area contributed by atoms with Crippen molar-refractivity contribution in [2.24, 2.45) is 0 Å². The van der Waals surface area contributed by atoms with E-state index in [9.17, 15) is 0 Å². The van der Waals surface area contributed by atoms with Gasteiger partial charge in [0, 0.05) is 29.8 Å². The quantitative estimate of drug-likeness (QED) is 0.513. The maximum atomic E-state index is 5.43. The second-order valence-electron chi connectivity index (χ2n) is 3.77. The van der Waals surface area contributed by atoms with Crippen LogP contribution in [0.25, 0.3) is 0 Å².